The normalized spacial score (nSPS) is 12.3. The van der Waals surface area contributed by atoms with Gasteiger partial charge in [0.25, 0.3) is 0 Å². The fourth-order valence-electron chi connectivity index (χ4n) is 2.21. The molecule has 0 radical (unpaired) electrons. The molecule has 21 heavy (non-hydrogen) atoms. The Morgan fingerprint density at radius 3 is 3.05 bits per heavy atom. The lowest BCUT2D eigenvalue weighted by Gasteiger charge is -2.14. The minimum absolute atomic E-state index is 0.00140. The second kappa shape index (κ2) is 7.03. The third-order valence-corrected chi connectivity index (χ3v) is 3.27. The largest absolute Gasteiger partial charge is 0.378 e. The number of carbonyl (C=O) groups excluding carboxylic acids is 1. The zero-order valence-electron chi connectivity index (χ0n) is 12.6. The van der Waals surface area contributed by atoms with Crippen LogP contribution in [-0.4, -0.2) is 32.8 Å². The third kappa shape index (κ3) is 4.16. The van der Waals surface area contributed by atoms with Crippen LogP contribution < -0.4 is 5.32 Å². The summed E-state index contributed by atoms with van der Waals surface area (Å²) in [5.41, 5.74) is 1.69. The first-order valence-corrected chi connectivity index (χ1v) is 6.88. The van der Waals surface area contributed by atoms with Crippen LogP contribution in [0.25, 0.3) is 0 Å². The highest BCUT2D eigenvalue weighted by molar-refractivity contribution is 5.76. The summed E-state index contributed by atoms with van der Waals surface area (Å²) in [6, 6.07) is 1.96. The number of aromatic nitrogens is 4. The van der Waals surface area contributed by atoms with E-state index in [1.54, 1.807) is 13.3 Å². The maximum absolute atomic E-state index is 12.0. The summed E-state index contributed by atoms with van der Waals surface area (Å²) < 4.78 is 6.99. The number of nitrogens with zero attached hydrogens (tertiary/aromatic N) is 3. The van der Waals surface area contributed by atoms with Crippen molar-refractivity contribution in [3.8, 4) is 0 Å². The van der Waals surface area contributed by atoms with E-state index in [0.29, 0.717) is 19.6 Å². The first-order valence-electron chi connectivity index (χ1n) is 6.88. The number of amides is 1. The van der Waals surface area contributed by atoms with Crippen LogP contribution in [0.2, 0.25) is 0 Å². The summed E-state index contributed by atoms with van der Waals surface area (Å²) in [5.74, 6) is 0.909. The van der Waals surface area contributed by atoms with Crippen molar-refractivity contribution in [1.29, 1.82) is 0 Å². The molecule has 114 valence electrons. The molecule has 1 atom stereocenters. The molecule has 1 amide bonds. The average Bonchev–Trinajstić information content (AvgIpc) is 3.06. The number of hydrogen-bond donors (Lipinski definition) is 2. The molecular weight excluding hydrogens is 270 g/mol. The van der Waals surface area contributed by atoms with Crippen molar-refractivity contribution in [3.05, 3.63) is 35.7 Å². The predicted molar refractivity (Wildman–Crippen MR) is 77.4 cm³/mol. The Morgan fingerprint density at radius 2 is 2.38 bits per heavy atom. The van der Waals surface area contributed by atoms with Gasteiger partial charge in [0.1, 0.15) is 5.82 Å². The zero-order chi connectivity index (χ0) is 15.2. The van der Waals surface area contributed by atoms with E-state index in [1.165, 1.54) is 0 Å². The highest BCUT2D eigenvalue weighted by Gasteiger charge is 2.12. The lowest BCUT2D eigenvalue weighted by atomic mass is 10.2. The molecule has 0 spiro atoms. The molecule has 2 rings (SSSR count). The van der Waals surface area contributed by atoms with E-state index >= 15 is 0 Å². The number of nitrogens with one attached hydrogen (secondary N) is 2. The summed E-state index contributed by atoms with van der Waals surface area (Å²) in [6.45, 7) is 4.82. The standard InChI is InChI=1S/C14H21N5O2/c1-10(19-5-4-15-11(19)2)6-14(20)16-8-12-7-13(9-21-3)18-17-12/h4-5,7,10H,6,8-9H2,1-3H3,(H,16,20)(H,17,18)/t10-/m1/s1. The van der Waals surface area contributed by atoms with E-state index in [-0.39, 0.29) is 11.9 Å². The molecule has 7 nitrogen and oxygen atoms in total. The molecule has 0 aliphatic rings. The highest BCUT2D eigenvalue weighted by atomic mass is 16.5. The molecule has 0 saturated heterocycles. The summed E-state index contributed by atoms with van der Waals surface area (Å²) in [7, 11) is 1.62. The van der Waals surface area contributed by atoms with E-state index in [0.717, 1.165) is 17.2 Å². The van der Waals surface area contributed by atoms with Gasteiger partial charge in [-0.3, -0.25) is 9.89 Å². The topological polar surface area (TPSA) is 84.8 Å². The molecular formula is C14H21N5O2. The minimum Gasteiger partial charge on any atom is -0.378 e. The molecule has 2 heterocycles. The number of imidazole rings is 1. The molecule has 2 N–H and O–H groups in total. The van der Waals surface area contributed by atoms with Crippen molar-refractivity contribution in [1.82, 2.24) is 25.1 Å². The Bertz CT molecular complexity index is 590. The van der Waals surface area contributed by atoms with Crippen LogP contribution in [0.3, 0.4) is 0 Å². The van der Waals surface area contributed by atoms with Gasteiger partial charge < -0.3 is 14.6 Å². The van der Waals surface area contributed by atoms with Gasteiger partial charge in [0.15, 0.2) is 0 Å². The number of aryl methyl sites for hydroxylation is 1. The molecule has 0 aromatic carbocycles. The molecule has 0 aliphatic carbocycles. The Kier molecular flexibility index (Phi) is 5.10. The monoisotopic (exact) mass is 291 g/mol. The molecule has 0 bridgehead atoms. The van der Waals surface area contributed by atoms with Crippen molar-refractivity contribution in [2.75, 3.05) is 7.11 Å². The van der Waals surface area contributed by atoms with Crippen LogP contribution in [0.5, 0.6) is 0 Å². The molecule has 0 unspecified atom stereocenters. The van der Waals surface area contributed by atoms with Crippen LogP contribution >= 0.6 is 0 Å². The Morgan fingerprint density at radius 1 is 1.57 bits per heavy atom. The van der Waals surface area contributed by atoms with E-state index < -0.39 is 0 Å². The van der Waals surface area contributed by atoms with Gasteiger partial charge in [0.05, 0.1) is 24.5 Å². The molecule has 2 aromatic rings. The van der Waals surface area contributed by atoms with Gasteiger partial charge >= 0.3 is 0 Å². The van der Waals surface area contributed by atoms with Crippen LogP contribution in [-0.2, 0) is 22.7 Å². The van der Waals surface area contributed by atoms with Crippen LogP contribution in [0, 0.1) is 6.92 Å². The fourth-order valence-corrected chi connectivity index (χ4v) is 2.21. The van der Waals surface area contributed by atoms with Gasteiger partial charge in [0.2, 0.25) is 5.91 Å². The van der Waals surface area contributed by atoms with Crippen LogP contribution in [0.1, 0.15) is 36.6 Å². The van der Waals surface area contributed by atoms with Crippen LogP contribution in [0.15, 0.2) is 18.5 Å². The minimum atomic E-state index is -0.00140. The van der Waals surface area contributed by atoms with Crippen molar-refractivity contribution < 1.29 is 9.53 Å². The predicted octanol–water partition coefficient (Wildman–Crippen LogP) is 1.33. The quantitative estimate of drug-likeness (QED) is 0.806. The van der Waals surface area contributed by atoms with Crippen molar-refractivity contribution >= 4 is 5.91 Å². The summed E-state index contributed by atoms with van der Waals surface area (Å²) in [6.07, 6.45) is 4.04. The highest BCUT2D eigenvalue weighted by Crippen LogP contribution is 2.12. The lowest BCUT2D eigenvalue weighted by molar-refractivity contribution is -0.121. The average molecular weight is 291 g/mol. The van der Waals surface area contributed by atoms with Crippen molar-refractivity contribution in [3.63, 3.8) is 0 Å². The van der Waals surface area contributed by atoms with Gasteiger partial charge in [-0.2, -0.15) is 5.10 Å². The zero-order valence-corrected chi connectivity index (χ0v) is 12.6. The van der Waals surface area contributed by atoms with Gasteiger partial charge in [-0.05, 0) is 19.9 Å². The Labute approximate surface area is 123 Å². The fraction of sp³-hybridized carbons (Fsp3) is 0.500. The summed E-state index contributed by atoms with van der Waals surface area (Å²) in [4.78, 5) is 16.1. The first-order chi connectivity index (χ1) is 10.1. The lowest BCUT2D eigenvalue weighted by Crippen LogP contribution is -2.25. The van der Waals surface area contributed by atoms with E-state index in [4.69, 9.17) is 4.74 Å². The summed E-state index contributed by atoms with van der Waals surface area (Å²) in [5, 5.41) is 9.84. The van der Waals surface area contributed by atoms with Gasteiger partial charge in [-0.15, -0.1) is 0 Å². The number of rotatable bonds is 7. The molecule has 0 fully saturated rings. The summed E-state index contributed by atoms with van der Waals surface area (Å²) >= 11 is 0. The number of hydrogen-bond acceptors (Lipinski definition) is 4. The maximum Gasteiger partial charge on any atom is 0.222 e. The molecule has 2 aromatic heterocycles. The number of ether oxygens (including phenoxy) is 1. The Hall–Kier alpha value is -2.15. The van der Waals surface area contributed by atoms with Gasteiger partial charge in [-0.25, -0.2) is 4.98 Å². The maximum atomic E-state index is 12.0. The van der Waals surface area contributed by atoms with E-state index in [1.807, 2.05) is 30.7 Å². The Balaban J connectivity index is 1.80. The second-order valence-electron chi connectivity index (χ2n) is 5.03. The van der Waals surface area contributed by atoms with Crippen LogP contribution in [0.4, 0.5) is 0 Å². The second-order valence-corrected chi connectivity index (χ2v) is 5.03. The van der Waals surface area contributed by atoms with Crippen molar-refractivity contribution in [2.24, 2.45) is 0 Å². The van der Waals surface area contributed by atoms with E-state index in [9.17, 15) is 4.79 Å². The smallest absolute Gasteiger partial charge is 0.222 e. The molecule has 7 heteroatoms. The number of aromatic amines is 1. The first kappa shape index (κ1) is 15.2. The van der Waals surface area contributed by atoms with Crippen molar-refractivity contribution in [2.45, 2.75) is 39.5 Å². The number of H-pyrrole nitrogens is 1. The molecule has 0 aliphatic heterocycles. The SMILES string of the molecule is COCc1cc(CNC(=O)C[C@@H](C)n2ccnc2C)[nH]n1. The van der Waals surface area contributed by atoms with E-state index in [2.05, 4.69) is 20.5 Å². The third-order valence-electron chi connectivity index (χ3n) is 3.27. The number of methoxy groups -OCH3 is 1. The molecule has 0 saturated carbocycles. The number of carbonyl (C=O) groups is 1. The van der Waals surface area contributed by atoms with Gasteiger partial charge in [0, 0.05) is 32.0 Å². The van der Waals surface area contributed by atoms with Gasteiger partial charge in [-0.1, -0.05) is 0 Å².